The van der Waals surface area contributed by atoms with Crippen LogP contribution in [0.25, 0.3) is 6.08 Å². The van der Waals surface area contributed by atoms with E-state index < -0.39 is 4.92 Å². The highest BCUT2D eigenvalue weighted by atomic mass is 16.6. The molecular weight excluding hydrogens is 424 g/mol. The summed E-state index contributed by atoms with van der Waals surface area (Å²) in [7, 11) is 0. The minimum atomic E-state index is -0.520. The number of amides is 1. The van der Waals surface area contributed by atoms with Gasteiger partial charge in [-0.15, -0.1) is 0 Å². The lowest BCUT2D eigenvalue weighted by molar-refractivity contribution is -0.384. The van der Waals surface area contributed by atoms with Crippen LogP contribution in [0.3, 0.4) is 0 Å². The van der Waals surface area contributed by atoms with Gasteiger partial charge in [0, 0.05) is 23.4 Å². The number of anilines is 1. The Bertz CT molecular complexity index is 1160. The summed E-state index contributed by atoms with van der Waals surface area (Å²) in [6, 6.07) is 19.5. The number of nitrogens with one attached hydrogen (secondary N) is 1. The van der Waals surface area contributed by atoms with Crippen LogP contribution < -0.4 is 14.8 Å². The van der Waals surface area contributed by atoms with Crippen molar-refractivity contribution >= 4 is 29.1 Å². The Balaban J connectivity index is 1.65. The first kappa shape index (κ1) is 23.2. The third kappa shape index (κ3) is 6.76. The predicted octanol–water partition coefficient (Wildman–Crippen LogP) is 4.91. The lowest BCUT2D eigenvalue weighted by atomic mass is 10.1. The Morgan fingerprint density at radius 3 is 2.36 bits per heavy atom. The maximum atomic E-state index is 12.3. The van der Waals surface area contributed by atoms with E-state index in [2.05, 4.69) is 5.32 Å². The molecule has 0 radical (unpaired) electrons. The van der Waals surface area contributed by atoms with E-state index in [9.17, 15) is 19.7 Å². The molecule has 1 N–H and O–H groups in total. The Kier molecular flexibility index (Phi) is 7.91. The van der Waals surface area contributed by atoms with Gasteiger partial charge in [-0.25, -0.2) is 0 Å². The third-order valence-corrected chi connectivity index (χ3v) is 4.47. The molecule has 0 aliphatic carbocycles. The number of ether oxygens (including phenoxy) is 2. The molecule has 3 rings (SSSR count). The van der Waals surface area contributed by atoms with Crippen molar-refractivity contribution in [1.82, 2.24) is 0 Å². The average molecular weight is 446 g/mol. The molecule has 0 saturated carbocycles. The van der Waals surface area contributed by atoms with Gasteiger partial charge in [0.15, 0.2) is 23.9 Å². The predicted molar refractivity (Wildman–Crippen MR) is 125 cm³/mol. The number of hydrogen-bond donors (Lipinski definition) is 1. The minimum absolute atomic E-state index is 0.0788. The van der Waals surface area contributed by atoms with E-state index in [1.165, 1.54) is 30.3 Å². The first-order valence-corrected chi connectivity index (χ1v) is 10.2. The Hall–Kier alpha value is -4.46. The highest BCUT2D eigenvalue weighted by molar-refractivity contribution is 6.06. The first-order chi connectivity index (χ1) is 16.0. The molecule has 33 heavy (non-hydrogen) atoms. The van der Waals surface area contributed by atoms with Gasteiger partial charge in [-0.2, -0.15) is 0 Å². The Morgan fingerprint density at radius 1 is 0.970 bits per heavy atom. The molecule has 168 valence electrons. The van der Waals surface area contributed by atoms with Crippen molar-refractivity contribution in [2.75, 3.05) is 18.5 Å². The number of hydrogen-bond acceptors (Lipinski definition) is 6. The van der Waals surface area contributed by atoms with Gasteiger partial charge < -0.3 is 14.8 Å². The van der Waals surface area contributed by atoms with Gasteiger partial charge in [-0.1, -0.05) is 30.3 Å². The largest absolute Gasteiger partial charge is 0.490 e. The van der Waals surface area contributed by atoms with E-state index in [0.717, 1.165) is 0 Å². The third-order valence-electron chi connectivity index (χ3n) is 4.47. The zero-order valence-electron chi connectivity index (χ0n) is 17.9. The summed E-state index contributed by atoms with van der Waals surface area (Å²) in [5, 5.41) is 13.5. The summed E-state index contributed by atoms with van der Waals surface area (Å²) >= 11 is 0. The van der Waals surface area contributed by atoms with Crippen LogP contribution >= 0.6 is 0 Å². The van der Waals surface area contributed by atoms with Crippen molar-refractivity contribution < 1.29 is 24.0 Å². The van der Waals surface area contributed by atoms with Crippen LogP contribution in [-0.4, -0.2) is 29.8 Å². The van der Waals surface area contributed by atoms with Gasteiger partial charge in [0.2, 0.25) is 0 Å². The molecule has 8 nitrogen and oxygen atoms in total. The van der Waals surface area contributed by atoms with Crippen LogP contribution in [-0.2, 0) is 4.79 Å². The molecule has 0 atom stereocenters. The standard InChI is InChI=1S/C25H22N2O6/c1-2-32-24-16-18(8-14-22(28)19-10-12-21(13-11-19)27(30)31)9-15-23(24)33-17-25(29)26-20-6-4-3-5-7-20/h3-16H,2,17H2,1H3,(H,26,29)/b14-8+. The molecular formula is C25H22N2O6. The number of para-hydroxylation sites is 1. The van der Waals surface area contributed by atoms with Crippen molar-refractivity contribution in [3.05, 3.63) is 100 Å². The van der Waals surface area contributed by atoms with Crippen molar-refractivity contribution in [2.24, 2.45) is 0 Å². The number of carbonyl (C=O) groups is 2. The van der Waals surface area contributed by atoms with Crippen LogP contribution in [0.4, 0.5) is 11.4 Å². The quantitative estimate of drug-likeness (QED) is 0.205. The number of benzene rings is 3. The summed E-state index contributed by atoms with van der Waals surface area (Å²) in [6.45, 7) is 2.02. The summed E-state index contributed by atoms with van der Waals surface area (Å²) < 4.78 is 11.2. The van der Waals surface area contributed by atoms with Crippen molar-refractivity contribution in [1.29, 1.82) is 0 Å². The van der Waals surface area contributed by atoms with E-state index in [1.54, 1.807) is 36.4 Å². The number of ketones is 1. The highest BCUT2D eigenvalue weighted by Gasteiger charge is 2.10. The van der Waals surface area contributed by atoms with E-state index in [0.29, 0.717) is 34.9 Å². The molecule has 3 aromatic carbocycles. The summed E-state index contributed by atoms with van der Waals surface area (Å²) in [5.74, 6) is 0.246. The summed E-state index contributed by atoms with van der Waals surface area (Å²) in [6.07, 6.45) is 2.98. The van der Waals surface area contributed by atoms with Crippen molar-refractivity contribution in [3.63, 3.8) is 0 Å². The topological polar surface area (TPSA) is 108 Å². The highest BCUT2D eigenvalue weighted by Crippen LogP contribution is 2.29. The lowest BCUT2D eigenvalue weighted by Gasteiger charge is -2.12. The fourth-order valence-corrected chi connectivity index (χ4v) is 2.89. The molecule has 3 aromatic rings. The second-order valence-corrected chi connectivity index (χ2v) is 6.84. The van der Waals surface area contributed by atoms with Crippen molar-refractivity contribution in [3.8, 4) is 11.5 Å². The smallest absolute Gasteiger partial charge is 0.269 e. The molecule has 0 aromatic heterocycles. The fourth-order valence-electron chi connectivity index (χ4n) is 2.89. The van der Waals surface area contributed by atoms with Gasteiger partial charge in [-0.05, 0) is 55.0 Å². The number of nitro benzene ring substituents is 1. The van der Waals surface area contributed by atoms with E-state index in [1.807, 2.05) is 25.1 Å². The van der Waals surface area contributed by atoms with E-state index in [-0.39, 0.29) is 24.0 Å². The van der Waals surface area contributed by atoms with Crippen LogP contribution in [0.15, 0.2) is 78.9 Å². The van der Waals surface area contributed by atoms with Gasteiger partial charge in [0.25, 0.3) is 11.6 Å². The van der Waals surface area contributed by atoms with Gasteiger partial charge >= 0.3 is 0 Å². The van der Waals surface area contributed by atoms with Crippen LogP contribution in [0.2, 0.25) is 0 Å². The van der Waals surface area contributed by atoms with E-state index in [4.69, 9.17) is 9.47 Å². The molecule has 0 aliphatic rings. The Morgan fingerprint density at radius 2 is 1.70 bits per heavy atom. The molecule has 0 unspecified atom stereocenters. The fraction of sp³-hybridized carbons (Fsp3) is 0.120. The monoisotopic (exact) mass is 446 g/mol. The number of carbonyl (C=O) groups excluding carboxylic acids is 2. The number of rotatable bonds is 10. The molecule has 0 spiro atoms. The second kappa shape index (κ2) is 11.2. The lowest BCUT2D eigenvalue weighted by Crippen LogP contribution is -2.20. The average Bonchev–Trinajstić information content (AvgIpc) is 2.83. The SMILES string of the molecule is CCOc1cc(/C=C/C(=O)c2ccc([N+](=O)[O-])cc2)ccc1OCC(=O)Nc1ccccc1. The van der Waals surface area contributed by atoms with Crippen LogP contribution in [0, 0.1) is 10.1 Å². The molecule has 0 bridgehead atoms. The Labute approximate surface area is 190 Å². The summed E-state index contributed by atoms with van der Waals surface area (Å²) in [5.41, 5.74) is 1.63. The van der Waals surface area contributed by atoms with Gasteiger partial charge in [0.1, 0.15) is 0 Å². The van der Waals surface area contributed by atoms with Gasteiger partial charge in [0.05, 0.1) is 11.5 Å². The normalized spacial score (nSPS) is 10.6. The molecule has 0 fully saturated rings. The zero-order chi connectivity index (χ0) is 23.6. The number of nitro groups is 1. The minimum Gasteiger partial charge on any atom is -0.490 e. The van der Waals surface area contributed by atoms with Crippen LogP contribution in [0.1, 0.15) is 22.8 Å². The number of allylic oxidation sites excluding steroid dienone is 1. The van der Waals surface area contributed by atoms with Gasteiger partial charge in [-0.3, -0.25) is 19.7 Å². The molecule has 0 aliphatic heterocycles. The number of nitrogens with zero attached hydrogens (tertiary/aromatic N) is 1. The molecule has 0 saturated heterocycles. The molecule has 8 heteroatoms. The zero-order valence-corrected chi connectivity index (χ0v) is 17.9. The molecule has 0 heterocycles. The maximum Gasteiger partial charge on any atom is 0.269 e. The first-order valence-electron chi connectivity index (χ1n) is 10.2. The second-order valence-electron chi connectivity index (χ2n) is 6.84. The summed E-state index contributed by atoms with van der Waals surface area (Å²) in [4.78, 5) is 34.7. The van der Waals surface area contributed by atoms with Crippen LogP contribution in [0.5, 0.6) is 11.5 Å². The van der Waals surface area contributed by atoms with Crippen molar-refractivity contribution in [2.45, 2.75) is 6.92 Å². The number of non-ortho nitro benzene ring substituents is 1. The maximum absolute atomic E-state index is 12.3. The molecule has 1 amide bonds. The van der Waals surface area contributed by atoms with E-state index >= 15 is 0 Å².